The molecule has 0 spiro atoms. The molecule has 1 saturated heterocycles. The topological polar surface area (TPSA) is 146 Å². The molecule has 0 saturated carbocycles. The van der Waals surface area contributed by atoms with Crippen molar-refractivity contribution in [1.29, 1.82) is 0 Å². The first-order valence-corrected chi connectivity index (χ1v) is 17.2. The first-order chi connectivity index (χ1) is 22.7. The molecule has 5 N–H and O–H groups in total. The second kappa shape index (κ2) is 13.8. The van der Waals surface area contributed by atoms with Gasteiger partial charge in [-0.2, -0.15) is 18.7 Å². The average Bonchev–Trinajstić information content (AvgIpc) is 3.54. The van der Waals surface area contributed by atoms with Gasteiger partial charge in [-0.25, -0.2) is 4.99 Å². The highest BCUT2D eigenvalue weighted by atomic mass is 31.1. The lowest BCUT2D eigenvalue weighted by Crippen LogP contribution is -2.44. The maximum absolute atomic E-state index is 13.1. The van der Waals surface area contributed by atoms with Gasteiger partial charge in [0, 0.05) is 91.1 Å². The number of benzene rings is 2. The third kappa shape index (κ3) is 6.79. The van der Waals surface area contributed by atoms with Gasteiger partial charge in [0.15, 0.2) is 0 Å². The molecule has 0 amide bonds. The van der Waals surface area contributed by atoms with Crippen LogP contribution in [0, 0.1) is 0 Å². The maximum atomic E-state index is 13.1. The lowest BCUT2D eigenvalue weighted by molar-refractivity contribution is 0.161. The normalized spacial score (nSPS) is 14.6. The molecule has 0 radical (unpaired) electrons. The van der Waals surface area contributed by atoms with Crippen molar-refractivity contribution in [3.8, 4) is 5.75 Å². The Morgan fingerprint density at radius 1 is 1.06 bits per heavy atom. The van der Waals surface area contributed by atoms with Crippen LogP contribution in [0.4, 0.5) is 37.6 Å². The Bertz CT molecular complexity index is 1960. The second-order valence-corrected chi connectivity index (χ2v) is 13.4. The molecule has 1 aliphatic rings. The minimum absolute atomic E-state index is 0.288. The van der Waals surface area contributed by atoms with Gasteiger partial charge in [0.2, 0.25) is 5.95 Å². The van der Waals surface area contributed by atoms with Gasteiger partial charge < -0.3 is 35.9 Å². The standard InChI is InChI=1S/C32H36F2N11OP/c1-44-11-13-45(14-12-44)25-16-26(46-2)24(15-21(25)19(17-35)18-39-31(33)34)41-32-42-29-20(7-8-38-29)30(43-32)40-23-6-5-22-27(28(23)47(3)4)37-10-9-36-22/h5-10,15-18,31H,11-14,35H2,1-4H3,(H3,38,40,41,42,43). The second-order valence-electron chi connectivity index (χ2n) is 11.2. The van der Waals surface area contributed by atoms with Crippen LogP contribution in [0.15, 0.2) is 60.1 Å². The SMILES string of the molecule is COc1cc(N2CCN(C)CC2)c(C(C=NC(F)F)=CN)cc1Nc1nc(Nc2ccc3nccnc3c2P(C)C)c2cc[nH]c2n1. The molecule has 0 aliphatic carbocycles. The number of anilines is 5. The van der Waals surface area contributed by atoms with E-state index in [4.69, 9.17) is 20.4 Å². The van der Waals surface area contributed by atoms with Crippen molar-refractivity contribution in [3.63, 3.8) is 0 Å². The van der Waals surface area contributed by atoms with Crippen LogP contribution in [0.1, 0.15) is 5.56 Å². The smallest absolute Gasteiger partial charge is 0.331 e. The molecular weight excluding hydrogens is 623 g/mol. The Labute approximate surface area is 271 Å². The summed E-state index contributed by atoms with van der Waals surface area (Å²) in [5.41, 5.74) is 11.4. The molecule has 6 rings (SSSR count). The number of ether oxygens (including phenoxy) is 1. The number of likely N-dealkylation sites (N-methyl/N-ethyl adjacent to an activating group) is 1. The predicted molar refractivity (Wildman–Crippen MR) is 188 cm³/mol. The van der Waals surface area contributed by atoms with E-state index in [0.29, 0.717) is 34.0 Å². The average molecular weight is 660 g/mol. The van der Waals surface area contributed by atoms with Crippen LogP contribution in [0.3, 0.4) is 0 Å². The molecule has 244 valence electrons. The van der Waals surface area contributed by atoms with Crippen molar-refractivity contribution >= 4 is 75.9 Å². The number of fused-ring (bicyclic) bond motifs is 2. The van der Waals surface area contributed by atoms with E-state index in [0.717, 1.165) is 65.5 Å². The number of halogens is 2. The molecule has 4 heterocycles. The zero-order chi connectivity index (χ0) is 33.1. The molecule has 12 nitrogen and oxygen atoms in total. The summed E-state index contributed by atoms with van der Waals surface area (Å²) in [6.45, 7) is 4.65. The number of nitrogens with zero attached hydrogens (tertiary/aromatic N) is 7. The highest BCUT2D eigenvalue weighted by Crippen LogP contribution is 2.39. The van der Waals surface area contributed by atoms with Gasteiger partial charge in [-0.3, -0.25) is 9.97 Å². The van der Waals surface area contributed by atoms with Gasteiger partial charge in [0.1, 0.15) is 17.2 Å². The summed E-state index contributed by atoms with van der Waals surface area (Å²) in [7, 11) is 3.08. The summed E-state index contributed by atoms with van der Waals surface area (Å²) in [5.74, 6) is 1.39. The van der Waals surface area contributed by atoms with Crippen molar-refractivity contribution < 1.29 is 13.5 Å². The number of rotatable bonds is 10. The van der Waals surface area contributed by atoms with Crippen LogP contribution in [0.25, 0.3) is 27.6 Å². The Hall–Kier alpha value is -4.94. The van der Waals surface area contributed by atoms with Crippen LogP contribution in [0.2, 0.25) is 0 Å². The minimum atomic E-state index is -2.87. The monoisotopic (exact) mass is 659 g/mol. The Morgan fingerprint density at radius 3 is 2.57 bits per heavy atom. The number of nitrogens with one attached hydrogen (secondary N) is 3. The number of methoxy groups -OCH3 is 1. The first-order valence-electron chi connectivity index (χ1n) is 14.9. The Kier molecular flexibility index (Phi) is 9.41. The van der Waals surface area contributed by atoms with Crippen molar-refractivity contribution in [2.75, 3.05) is 69.2 Å². The fraction of sp³-hybridized carbons (Fsp3) is 0.281. The summed E-state index contributed by atoms with van der Waals surface area (Å²) in [6, 6.07) is 9.53. The molecule has 15 heteroatoms. The molecule has 0 bridgehead atoms. The maximum Gasteiger partial charge on any atom is 0.331 e. The minimum Gasteiger partial charge on any atom is -0.494 e. The van der Waals surface area contributed by atoms with Gasteiger partial charge in [-0.05, 0) is 44.6 Å². The molecule has 1 aliphatic heterocycles. The number of nitrogens with two attached hydrogens (primary N) is 1. The fourth-order valence-electron chi connectivity index (χ4n) is 5.63. The van der Waals surface area contributed by atoms with E-state index >= 15 is 0 Å². The largest absolute Gasteiger partial charge is 0.494 e. The molecular formula is C32H36F2N11OP. The third-order valence-electron chi connectivity index (χ3n) is 7.95. The molecule has 2 aromatic carbocycles. The van der Waals surface area contributed by atoms with E-state index in [1.807, 2.05) is 24.3 Å². The van der Waals surface area contributed by atoms with Crippen molar-refractivity contribution in [1.82, 2.24) is 29.8 Å². The van der Waals surface area contributed by atoms with Crippen LogP contribution >= 0.6 is 7.92 Å². The number of H-pyrrole nitrogens is 1. The lowest BCUT2D eigenvalue weighted by Gasteiger charge is -2.35. The van der Waals surface area contributed by atoms with Crippen molar-refractivity contribution in [2.45, 2.75) is 6.55 Å². The zero-order valence-corrected chi connectivity index (χ0v) is 27.4. The van der Waals surface area contributed by atoms with E-state index < -0.39 is 14.5 Å². The van der Waals surface area contributed by atoms with E-state index in [9.17, 15) is 8.78 Å². The Morgan fingerprint density at radius 2 is 1.85 bits per heavy atom. The number of hydrogen-bond acceptors (Lipinski definition) is 11. The highest BCUT2D eigenvalue weighted by Gasteiger charge is 2.23. The number of hydrogen-bond donors (Lipinski definition) is 4. The molecule has 0 unspecified atom stereocenters. The third-order valence-corrected chi connectivity index (χ3v) is 9.30. The summed E-state index contributed by atoms with van der Waals surface area (Å²) >= 11 is 0. The number of aromatic amines is 1. The van der Waals surface area contributed by atoms with Crippen LogP contribution in [0.5, 0.6) is 5.75 Å². The number of alkyl halides is 2. The van der Waals surface area contributed by atoms with E-state index in [2.05, 4.69) is 60.8 Å². The first kappa shape index (κ1) is 32.0. The molecule has 1 fully saturated rings. The predicted octanol–water partition coefficient (Wildman–Crippen LogP) is 5.11. The molecule has 5 aromatic rings. The van der Waals surface area contributed by atoms with Gasteiger partial charge in [-0.15, -0.1) is 0 Å². The lowest BCUT2D eigenvalue weighted by atomic mass is 10.0. The number of aromatic nitrogens is 5. The zero-order valence-electron chi connectivity index (χ0n) is 26.5. The van der Waals surface area contributed by atoms with Crippen LogP contribution in [-0.4, -0.2) is 96.2 Å². The molecule has 3 aromatic heterocycles. The van der Waals surface area contributed by atoms with E-state index in [1.165, 1.54) is 6.20 Å². The van der Waals surface area contributed by atoms with E-state index in [1.54, 1.807) is 31.8 Å². The number of piperazine rings is 1. The van der Waals surface area contributed by atoms with Gasteiger partial charge >= 0.3 is 6.55 Å². The van der Waals surface area contributed by atoms with Crippen LogP contribution < -0.4 is 31.3 Å². The van der Waals surface area contributed by atoms with Crippen LogP contribution in [-0.2, 0) is 0 Å². The number of allylic oxidation sites excluding steroid dienone is 1. The highest BCUT2D eigenvalue weighted by molar-refractivity contribution is 7.65. The van der Waals surface area contributed by atoms with Gasteiger partial charge in [0.25, 0.3) is 0 Å². The molecule has 47 heavy (non-hydrogen) atoms. The Balaban J connectivity index is 1.42. The molecule has 0 atom stereocenters. The van der Waals surface area contributed by atoms with Crippen molar-refractivity contribution in [3.05, 3.63) is 60.7 Å². The summed E-state index contributed by atoms with van der Waals surface area (Å²) in [5, 5.41) is 8.72. The van der Waals surface area contributed by atoms with Gasteiger partial charge in [-0.1, -0.05) is 7.92 Å². The van der Waals surface area contributed by atoms with Gasteiger partial charge in [0.05, 0.1) is 29.2 Å². The summed E-state index contributed by atoms with van der Waals surface area (Å²) in [4.78, 5) is 29.6. The van der Waals surface area contributed by atoms with Crippen molar-refractivity contribution in [2.24, 2.45) is 10.7 Å². The summed E-state index contributed by atoms with van der Waals surface area (Å²) in [6.07, 6.45) is 7.57. The summed E-state index contributed by atoms with van der Waals surface area (Å²) < 4.78 is 32.1. The van der Waals surface area contributed by atoms with E-state index in [-0.39, 0.29) is 5.95 Å². The number of aliphatic imine (C=N–C) groups is 1. The fourth-order valence-corrected chi connectivity index (χ4v) is 6.84. The quantitative estimate of drug-likeness (QED) is 0.0907.